The summed E-state index contributed by atoms with van der Waals surface area (Å²) in [6.45, 7) is 1.68. The molecule has 3 aromatic rings. The van der Waals surface area contributed by atoms with Crippen LogP contribution in [-0.2, 0) is 9.59 Å². The van der Waals surface area contributed by atoms with Crippen molar-refractivity contribution in [3.8, 4) is 0 Å². The lowest BCUT2D eigenvalue weighted by Crippen LogP contribution is -2.28. The number of oxazole rings is 1. The Hall–Kier alpha value is -3.39. The lowest BCUT2D eigenvalue weighted by molar-refractivity contribution is -0.298. The highest BCUT2D eigenvalue weighted by Gasteiger charge is 2.33. The molecule has 1 amide bonds. The van der Waals surface area contributed by atoms with Gasteiger partial charge >= 0.3 is 0 Å². The number of hydrogen-bond donors (Lipinski definition) is 0. The summed E-state index contributed by atoms with van der Waals surface area (Å²) >= 11 is 0.806. The standard InChI is InChI=1S/C20H15N3O4S/c1-12-14(18(24)23(22-12)13-7-3-2-4-8-13)11-17(19(25)26)28-20-21-15-9-5-6-10-16(15)27-20/h2-11,14H,1H3,(H,25,26)/p-1/b17-11-/t14-/m0/s1. The SMILES string of the molecule is CC1=NN(c2ccccc2)C(=O)[C@H]1/C=C(\Sc1nc2ccccc2o1)C(=O)[O-]. The van der Waals surface area contributed by atoms with Crippen LogP contribution in [0.15, 0.2) is 80.3 Å². The number of rotatable bonds is 5. The van der Waals surface area contributed by atoms with Crippen molar-refractivity contribution in [1.82, 2.24) is 4.98 Å². The van der Waals surface area contributed by atoms with Gasteiger partial charge in [0.15, 0.2) is 5.58 Å². The Morgan fingerprint density at radius 1 is 1.18 bits per heavy atom. The summed E-state index contributed by atoms with van der Waals surface area (Å²) in [5, 5.41) is 17.3. The van der Waals surface area contributed by atoms with Gasteiger partial charge in [0.2, 0.25) is 0 Å². The summed E-state index contributed by atoms with van der Waals surface area (Å²) in [5.74, 6) is -2.54. The third-order valence-corrected chi connectivity index (χ3v) is 5.05. The third kappa shape index (κ3) is 3.41. The second-order valence-corrected chi connectivity index (χ2v) is 7.07. The average molecular weight is 392 g/mol. The molecule has 2 aromatic carbocycles. The number of fused-ring (bicyclic) bond motifs is 1. The number of carboxylic acid groups (broad SMARTS) is 1. The largest absolute Gasteiger partial charge is 0.544 e. The molecule has 1 aliphatic heterocycles. The predicted octanol–water partition coefficient (Wildman–Crippen LogP) is 2.59. The number of aliphatic carboxylic acids is 1. The first-order valence-electron chi connectivity index (χ1n) is 8.43. The van der Waals surface area contributed by atoms with Gasteiger partial charge in [-0.1, -0.05) is 36.4 Å². The first kappa shape index (κ1) is 18.0. The van der Waals surface area contributed by atoms with Gasteiger partial charge < -0.3 is 14.3 Å². The summed E-state index contributed by atoms with van der Waals surface area (Å²) in [7, 11) is 0. The Kier molecular flexibility index (Phi) is 4.70. The van der Waals surface area contributed by atoms with Gasteiger partial charge in [0.05, 0.1) is 23.3 Å². The minimum atomic E-state index is -1.41. The van der Waals surface area contributed by atoms with Crippen LogP contribution < -0.4 is 10.1 Å². The van der Waals surface area contributed by atoms with E-state index in [2.05, 4.69) is 10.1 Å². The van der Waals surface area contributed by atoms with Crippen molar-refractivity contribution in [3.05, 3.63) is 65.6 Å². The maximum Gasteiger partial charge on any atom is 0.261 e. The van der Waals surface area contributed by atoms with Gasteiger partial charge in [-0.2, -0.15) is 10.1 Å². The van der Waals surface area contributed by atoms with Crippen LogP contribution in [0.3, 0.4) is 0 Å². The fourth-order valence-electron chi connectivity index (χ4n) is 2.81. The first-order valence-corrected chi connectivity index (χ1v) is 9.25. The Labute approximate surface area is 164 Å². The number of nitrogens with zero attached hydrogens (tertiary/aromatic N) is 3. The molecule has 28 heavy (non-hydrogen) atoms. The normalized spacial score (nSPS) is 17.2. The van der Waals surface area contributed by atoms with Gasteiger partial charge in [-0.05, 0) is 43.0 Å². The molecule has 1 aliphatic rings. The van der Waals surface area contributed by atoms with Crippen molar-refractivity contribution in [3.63, 3.8) is 0 Å². The lowest BCUT2D eigenvalue weighted by Gasteiger charge is -2.13. The molecule has 0 fully saturated rings. The highest BCUT2D eigenvalue weighted by Crippen LogP contribution is 2.32. The molecule has 1 atom stereocenters. The van der Waals surface area contributed by atoms with E-state index in [-0.39, 0.29) is 16.0 Å². The van der Waals surface area contributed by atoms with E-state index < -0.39 is 11.9 Å². The molecule has 0 unspecified atom stereocenters. The number of benzene rings is 2. The first-order chi connectivity index (χ1) is 13.5. The number of amides is 1. The molecular formula is C20H14N3O4S-. The van der Waals surface area contributed by atoms with Crippen molar-refractivity contribution in [2.75, 3.05) is 5.01 Å². The van der Waals surface area contributed by atoms with E-state index in [4.69, 9.17) is 4.42 Å². The molecule has 2 heterocycles. The predicted molar refractivity (Wildman–Crippen MR) is 103 cm³/mol. The van der Waals surface area contributed by atoms with Gasteiger partial charge in [-0.25, -0.2) is 4.98 Å². The molecule has 4 rings (SSSR count). The fraction of sp³-hybridized carbons (Fsp3) is 0.100. The number of carboxylic acids is 1. The van der Waals surface area contributed by atoms with E-state index in [1.54, 1.807) is 49.4 Å². The number of anilines is 1. The summed E-state index contributed by atoms with van der Waals surface area (Å²) in [6.07, 6.45) is 1.33. The van der Waals surface area contributed by atoms with Crippen LogP contribution >= 0.6 is 11.8 Å². The molecule has 0 saturated carbocycles. The average Bonchev–Trinajstić information content (AvgIpc) is 3.23. The van der Waals surface area contributed by atoms with Gasteiger partial charge in [-0.15, -0.1) is 0 Å². The molecule has 0 bridgehead atoms. The topological polar surface area (TPSA) is 98.8 Å². The molecule has 8 heteroatoms. The van der Waals surface area contributed by atoms with Gasteiger partial charge in [0.1, 0.15) is 5.52 Å². The van der Waals surface area contributed by atoms with E-state index in [0.717, 1.165) is 11.8 Å². The molecule has 0 aliphatic carbocycles. The summed E-state index contributed by atoms with van der Waals surface area (Å²) < 4.78 is 5.55. The Morgan fingerprint density at radius 3 is 2.61 bits per heavy atom. The summed E-state index contributed by atoms with van der Waals surface area (Å²) in [4.78, 5) is 28.5. The molecule has 0 saturated heterocycles. The minimum absolute atomic E-state index is 0.158. The second kappa shape index (κ2) is 7.32. The van der Waals surface area contributed by atoms with Crippen molar-refractivity contribution in [2.24, 2.45) is 11.0 Å². The van der Waals surface area contributed by atoms with Crippen LogP contribution in [0.25, 0.3) is 11.1 Å². The Balaban J connectivity index is 1.62. The molecule has 1 aromatic heterocycles. The monoisotopic (exact) mass is 392 g/mol. The van der Waals surface area contributed by atoms with Crippen molar-refractivity contribution in [1.29, 1.82) is 0 Å². The number of carbonyl (C=O) groups excluding carboxylic acids is 2. The Bertz CT molecular complexity index is 1090. The maximum absolute atomic E-state index is 12.8. The van der Waals surface area contributed by atoms with Gasteiger partial charge in [-0.3, -0.25) is 4.79 Å². The fourth-order valence-corrected chi connectivity index (χ4v) is 3.56. The second-order valence-electron chi connectivity index (χ2n) is 6.07. The molecular weight excluding hydrogens is 378 g/mol. The highest BCUT2D eigenvalue weighted by molar-refractivity contribution is 8.03. The summed E-state index contributed by atoms with van der Waals surface area (Å²) in [6, 6.07) is 16.1. The number of carbonyl (C=O) groups is 2. The number of hydrogen-bond acceptors (Lipinski definition) is 7. The van der Waals surface area contributed by atoms with Crippen molar-refractivity contribution in [2.45, 2.75) is 12.1 Å². The van der Waals surface area contributed by atoms with Crippen LogP contribution in [0.4, 0.5) is 5.69 Å². The van der Waals surface area contributed by atoms with Gasteiger partial charge in [0, 0.05) is 4.91 Å². The molecule has 140 valence electrons. The number of para-hydroxylation sites is 3. The van der Waals surface area contributed by atoms with Crippen LogP contribution in [0, 0.1) is 5.92 Å². The Morgan fingerprint density at radius 2 is 1.89 bits per heavy atom. The van der Waals surface area contributed by atoms with E-state index in [1.807, 2.05) is 12.1 Å². The minimum Gasteiger partial charge on any atom is -0.544 e. The zero-order chi connectivity index (χ0) is 19.7. The van der Waals surface area contributed by atoms with E-state index >= 15 is 0 Å². The number of hydrazone groups is 1. The molecule has 0 N–H and O–H groups in total. The van der Waals surface area contributed by atoms with Crippen LogP contribution in [0.1, 0.15) is 6.92 Å². The zero-order valence-electron chi connectivity index (χ0n) is 14.7. The van der Waals surface area contributed by atoms with Crippen LogP contribution in [0.2, 0.25) is 0 Å². The zero-order valence-corrected chi connectivity index (χ0v) is 15.6. The quantitative estimate of drug-likeness (QED) is 0.489. The molecule has 7 nitrogen and oxygen atoms in total. The summed E-state index contributed by atoms with van der Waals surface area (Å²) in [5.41, 5.74) is 2.27. The maximum atomic E-state index is 12.8. The van der Waals surface area contributed by atoms with Gasteiger partial charge in [0.25, 0.3) is 11.1 Å². The molecule has 0 radical (unpaired) electrons. The third-order valence-electron chi connectivity index (χ3n) is 4.17. The van der Waals surface area contributed by atoms with Crippen molar-refractivity contribution >= 4 is 46.1 Å². The van der Waals surface area contributed by atoms with E-state index in [9.17, 15) is 14.7 Å². The van der Waals surface area contributed by atoms with Crippen LogP contribution in [-0.4, -0.2) is 22.6 Å². The number of thioether (sulfide) groups is 1. The van der Waals surface area contributed by atoms with Crippen molar-refractivity contribution < 1.29 is 19.1 Å². The van der Waals surface area contributed by atoms with E-state index in [0.29, 0.717) is 22.5 Å². The van der Waals surface area contributed by atoms with E-state index in [1.165, 1.54) is 11.1 Å². The smallest absolute Gasteiger partial charge is 0.261 e. The van der Waals surface area contributed by atoms with Crippen LogP contribution in [0.5, 0.6) is 0 Å². The highest BCUT2D eigenvalue weighted by atomic mass is 32.2. The molecule has 0 spiro atoms. The lowest BCUT2D eigenvalue weighted by atomic mass is 10.0. The number of aromatic nitrogens is 1.